The summed E-state index contributed by atoms with van der Waals surface area (Å²) in [5.41, 5.74) is 5.72. The van der Waals surface area contributed by atoms with Crippen molar-refractivity contribution in [2.75, 3.05) is 19.0 Å². The highest BCUT2D eigenvalue weighted by atomic mass is 79.9. The molecule has 0 aliphatic heterocycles. The van der Waals surface area contributed by atoms with Crippen LogP contribution in [-0.4, -0.2) is 31.4 Å². The molecule has 7 nitrogen and oxygen atoms in total. The Balaban J connectivity index is 1.84. The molecule has 130 valence electrons. The first-order valence-corrected chi connectivity index (χ1v) is 8.10. The fourth-order valence-corrected chi connectivity index (χ4v) is 2.43. The lowest BCUT2D eigenvalue weighted by atomic mass is 10.2. The quantitative estimate of drug-likeness (QED) is 0.522. The van der Waals surface area contributed by atoms with Crippen LogP contribution in [0.15, 0.2) is 53.0 Å². The van der Waals surface area contributed by atoms with Crippen molar-refractivity contribution in [1.29, 1.82) is 0 Å². The molecule has 0 aliphatic rings. The highest BCUT2D eigenvalue weighted by molar-refractivity contribution is 9.10. The van der Waals surface area contributed by atoms with Gasteiger partial charge in [-0.05, 0) is 40.2 Å². The van der Waals surface area contributed by atoms with Crippen molar-refractivity contribution >= 4 is 39.4 Å². The van der Waals surface area contributed by atoms with E-state index in [4.69, 9.17) is 4.74 Å². The number of hydrogen-bond acceptors (Lipinski definition) is 5. The third kappa shape index (κ3) is 5.05. The van der Waals surface area contributed by atoms with Crippen LogP contribution >= 0.6 is 15.9 Å². The van der Waals surface area contributed by atoms with Gasteiger partial charge in [0.2, 0.25) is 0 Å². The minimum atomic E-state index is -0.657. The van der Waals surface area contributed by atoms with E-state index in [1.165, 1.54) is 0 Å². The fraction of sp³-hybridized carbons (Fsp3) is 0.118. The first-order valence-electron chi connectivity index (χ1n) is 7.30. The monoisotopic (exact) mass is 405 g/mol. The van der Waals surface area contributed by atoms with Crippen LogP contribution < -0.4 is 16.2 Å². The lowest BCUT2D eigenvalue weighted by Gasteiger charge is -2.10. The van der Waals surface area contributed by atoms with Crippen molar-refractivity contribution in [2.45, 2.75) is 0 Å². The maximum absolute atomic E-state index is 12.0. The Kier molecular flexibility index (Phi) is 6.53. The number of amides is 2. The number of ether oxygens (including phenoxy) is 1. The Hall–Kier alpha value is -2.87. The molecule has 2 aromatic rings. The smallest absolute Gasteiger partial charge is 0.340 e. The van der Waals surface area contributed by atoms with Gasteiger partial charge in [0.15, 0.2) is 6.61 Å². The molecule has 3 N–H and O–H groups in total. The Morgan fingerprint density at radius 1 is 0.960 bits per heavy atom. The highest BCUT2D eigenvalue weighted by Gasteiger charge is 2.14. The summed E-state index contributed by atoms with van der Waals surface area (Å²) in [5, 5.41) is 2.86. The van der Waals surface area contributed by atoms with Crippen molar-refractivity contribution in [2.24, 2.45) is 0 Å². The first-order chi connectivity index (χ1) is 12.0. The van der Waals surface area contributed by atoms with Gasteiger partial charge in [-0.1, -0.05) is 24.3 Å². The van der Waals surface area contributed by atoms with Gasteiger partial charge in [-0.25, -0.2) is 4.79 Å². The molecule has 25 heavy (non-hydrogen) atoms. The second-order valence-electron chi connectivity index (χ2n) is 4.85. The Morgan fingerprint density at radius 2 is 1.60 bits per heavy atom. The molecule has 2 rings (SSSR count). The maximum atomic E-state index is 12.0. The second kappa shape index (κ2) is 8.84. The van der Waals surface area contributed by atoms with Gasteiger partial charge in [0.05, 0.1) is 11.1 Å². The van der Waals surface area contributed by atoms with E-state index in [9.17, 15) is 14.4 Å². The lowest BCUT2D eigenvalue weighted by Crippen LogP contribution is -2.43. The van der Waals surface area contributed by atoms with Crippen LogP contribution in [0.5, 0.6) is 0 Å². The molecule has 0 radical (unpaired) electrons. The molecule has 0 heterocycles. The highest BCUT2D eigenvalue weighted by Crippen LogP contribution is 2.16. The average Bonchev–Trinajstić information content (AvgIpc) is 2.64. The van der Waals surface area contributed by atoms with E-state index in [1.807, 2.05) is 0 Å². The van der Waals surface area contributed by atoms with Crippen LogP contribution in [0.1, 0.15) is 20.7 Å². The number of anilines is 1. The Labute approximate surface area is 152 Å². The predicted molar refractivity (Wildman–Crippen MR) is 96.0 cm³/mol. The van der Waals surface area contributed by atoms with E-state index in [-0.39, 0.29) is 0 Å². The molecule has 8 heteroatoms. The predicted octanol–water partition coefficient (Wildman–Crippen LogP) is 2.11. The van der Waals surface area contributed by atoms with E-state index < -0.39 is 24.4 Å². The van der Waals surface area contributed by atoms with Crippen LogP contribution in [0.4, 0.5) is 5.69 Å². The summed E-state index contributed by atoms with van der Waals surface area (Å²) in [6.07, 6.45) is 0. The molecule has 2 amide bonds. The zero-order valence-corrected chi connectivity index (χ0v) is 14.9. The van der Waals surface area contributed by atoms with Gasteiger partial charge < -0.3 is 10.1 Å². The van der Waals surface area contributed by atoms with Crippen LogP contribution in [0.3, 0.4) is 0 Å². The summed E-state index contributed by atoms with van der Waals surface area (Å²) in [6, 6.07) is 13.5. The number of benzene rings is 2. The third-order valence-corrected chi connectivity index (χ3v) is 3.88. The molecule has 0 bridgehead atoms. The summed E-state index contributed by atoms with van der Waals surface area (Å²) in [4.78, 5) is 35.7. The number of para-hydroxylation sites is 1. The minimum Gasteiger partial charge on any atom is -0.452 e. The molecule has 0 aliphatic carbocycles. The number of carbonyl (C=O) groups excluding carboxylic acids is 3. The van der Waals surface area contributed by atoms with E-state index in [0.29, 0.717) is 21.3 Å². The van der Waals surface area contributed by atoms with Crippen molar-refractivity contribution in [3.05, 3.63) is 64.1 Å². The lowest BCUT2D eigenvalue weighted by molar-refractivity contribution is -0.125. The van der Waals surface area contributed by atoms with Gasteiger partial charge in [-0.3, -0.25) is 20.4 Å². The largest absolute Gasteiger partial charge is 0.452 e. The molecular formula is C17H16BrN3O4. The van der Waals surface area contributed by atoms with E-state index in [0.717, 1.165) is 0 Å². The summed E-state index contributed by atoms with van der Waals surface area (Å²) in [6.45, 7) is -0.521. The van der Waals surface area contributed by atoms with E-state index in [2.05, 4.69) is 32.1 Å². The van der Waals surface area contributed by atoms with Gasteiger partial charge in [0.25, 0.3) is 11.8 Å². The molecule has 0 fully saturated rings. The number of carbonyl (C=O) groups is 3. The van der Waals surface area contributed by atoms with E-state index in [1.54, 1.807) is 55.6 Å². The molecule has 2 aromatic carbocycles. The van der Waals surface area contributed by atoms with Crippen LogP contribution in [0.25, 0.3) is 0 Å². The summed E-state index contributed by atoms with van der Waals surface area (Å²) >= 11 is 3.24. The second-order valence-corrected chi connectivity index (χ2v) is 5.71. The van der Waals surface area contributed by atoms with Crippen molar-refractivity contribution in [1.82, 2.24) is 10.9 Å². The van der Waals surface area contributed by atoms with Crippen LogP contribution in [-0.2, 0) is 9.53 Å². The van der Waals surface area contributed by atoms with Gasteiger partial charge in [0.1, 0.15) is 0 Å². The Morgan fingerprint density at radius 3 is 2.28 bits per heavy atom. The van der Waals surface area contributed by atoms with Gasteiger partial charge in [-0.15, -0.1) is 0 Å². The summed E-state index contributed by atoms with van der Waals surface area (Å²) < 4.78 is 5.54. The summed E-state index contributed by atoms with van der Waals surface area (Å²) in [7, 11) is 1.68. The van der Waals surface area contributed by atoms with Crippen molar-refractivity contribution < 1.29 is 19.1 Å². The molecule has 0 saturated carbocycles. The standard InChI is InChI=1S/C17H16BrN3O4/c1-19-14-9-5-3-7-12(14)17(24)25-10-15(22)20-21-16(23)11-6-2-4-8-13(11)18/h2-9,19H,10H2,1H3,(H,20,22)(H,21,23). The topological polar surface area (TPSA) is 96.5 Å². The SMILES string of the molecule is CNc1ccccc1C(=O)OCC(=O)NNC(=O)c1ccccc1Br. The minimum absolute atomic E-state index is 0.315. The normalized spacial score (nSPS) is 9.84. The number of hydrogen-bond donors (Lipinski definition) is 3. The van der Waals surface area contributed by atoms with Gasteiger partial charge >= 0.3 is 5.97 Å². The van der Waals surface area contributed by atoms with Crippen LogP contribution in [0, 0.1) is 0 Å². The first kappa shape index (κ1) is 18.5. The number of hydrazine groups is 1. The number of nitrogens with one attached hydrogen (secondary N) is 3. The fourth-order valence-electron chi connectivity index (χ4n) is 1.96. The van der Waals surface area contributed by atoms with Crippen molar-refractivity contribution in [3.63, 3.8) is 0 Å². The van der Waals surface area contributed by atoms with Crippen LogP contribution in [0.2, 0.25) is 0 Å². The number of rotatable bonds is 5. The zero-order chi connectivity index (χ0) is 18.2. The molecule has 0 saturated heterocycles. The van der Waals surface area contributed by atoms with Gasteiger partial charge in [0, 0.05) is 17.2 Å². The van der Waals surface area contributed by atoms with Gasteiger partial charge in [-0.2, -0.15) is 0 Å². The zero-order valence-electron chi connectivity index (χ0n) is 13.3. The number of halogens is 1. The maximum Gasteiger partial charge on any atom is 0.340 e. The summed E-state index contributed by atoms with van der Waals surface area (Å²) in [5.74, 6) is -1.79. The average molecular weight is 406 g/mol. The molecule has 0 atom stereocenters. The molecular weight excluding hydrogens is 390 g/mol. The molecule has 0 aromatic heterocycles. The Bertz CT molecular complexity index is 795. The third-order valence-electron chi connectivity index (χ3n) is 3.18. The molecule has 0 spiro atoms. The van der Waals surface area contributed by atoms with E-state index >= 15 is 0 Å². The van der Waals surface area contributed by atoms with Crippen molar-refractivity contribution in [3.8, 4) is 0 Å². The molecule has 0 unspecified atom stereocenters. The number of esters is 1.